The van der Waals surface area contributed by atoms with Gasteiger partial charge in [0.1, 0.15) is 0 Å². The summed E-state index contributed by atoms with van der Waals surface area (Å²) in [4.78, 5) is 0. The van der Waals surface area contributed by atoms with Gasteiger partial charge in [0.15, 0.2) is 0 Å². The molecule has 1 heterocycles. The maximum atomic E-state index is 6.93. The smallest absolute Gasteiger partial charge is 1.00 e. The molecule has 0 saturated heterocycles. The molecule has 0 N–H and O–H groups in total. The van der Waals surface area contributed by atoms with E-state index in [0.29, 0.717) is 3.63 Å². The topological polar surface area (TPSA) is 18.5 Å². The zero-order valence-corrected chi connectivity index (χ0v) is 24.6. The van der Waals surface area contributed by atoms with Gasteiger partial charge in [0.05, 0.1) is 0 Å². The molecule has 161 valence electrons. The van der Waals surface area contributed by atoms with Gasteiger partial charge in [0.2, 0.25) is 0 Å². The molecule has 5 rings (SSSR count). The standard InChI is InChI=1S/C24H27O2Si2.2ClH.Zr/c1-6-25-28(5)23-19-15-17-13-9-10-14-18(17)21(19)22(26-27(2,3)4)20(24(23)28)16-11-7-8-12-16;;;/h7-11,13-15H,6,12H2,1-5H3;2*1H;/q;;;+2/p-2. The Bertz CT molecular complexity index is 1110. The van der Waals surface area contributed by atoms with E-state index in [1.807, 2.05) is 0 Å². The molecule has 31 heavy (non-hydrogen) atoms. The molecule has 0 spiro atoms. The molecule has 1 aliphatic heterocycles. The van der Waals surface area contributed by atoms with Gasteiger partial charge < -0.3 is 24.8 Å². The summed E-state index contributed by atoms with van der Waals surface area (Å²) in [5, 5.41) is 3.08. The normalized spacial score (nSPS) is 22.0. The van der Waals surface area contributed by atoms with Gasteiger partial charge in [-0.25, -0.2) is 0 Å². The van der Waals surface area contributed by atoms with Crippen molar-refractivity contribution in [3.8, 4) is 16.9 Å². The van der Waals surface area contributed by atoms with Gasteiger partial charge in [0.25, 0.3) is 0 Å². The zero-order chi connectivity index (χ0) is 20.6. The van der Waals surface area contributed by atoms with Crippen LogP contribution in [0, 0.1) is 0 Å². The first-order chi connectivity index (χ1) is 13.8. The second kappa shape index (κ2) is 8.74. The van der Waals surface area contributed by atoms with Gasteiger partial charge in [-0.15, -0.1) is 0 Å². The summed E-state index contributed by atoms with van der Waals surface area (Å²) in [6.45, 7) is 12.2. The monoisotopic (exact) mass is 563 g/mol. The van der Waals surface area contributed by atoms with Crippen molar-refractivity contribution >= 4 is 32.6 Å². The summed E-state index contributed by atoms with van der Waals surface area (Å²) in [6, 6.07) is 8.98. The molecule has 2 unspecified atom stereocenters. The number of benzene rings is 2. The van der Waals surface area contributed by atoms with Crippen LogP contribution in [0.15, 0.2) is 42.5 Å². The number of halogens is 2. The molecule has 2 aromatic rings. The Balaban J connectivity index is 0.00000136. The van der Waals surface area contributed by atoms with Gasteiger partial charge in [0, 0.05) is 0 Å². The maximum absolute atomic E-state index is 6.93. The number of hydrogen-bond acceptors (Lipinski definition) is 2. The number of allylic oxidation sites excluding steroid dienone is 4. The molecule has 0 saturated carbocycles. The Kier molecular flexibility index (Phi) is 7.10. The molecule has 2 aliphatic carbocycles. The van der Waals surface area contributed by atoms with Crippen molar-refractivity contribution < 1.29 is 58.4 Å². The quantitative estimate of drug-likeness (QED) is 0.429. The van der Waals surface area contributed by atoms with E-state index in [2.05, 4.69) is 75.6 Å². The Hall–Kier alpha value is -0.423. The Morgan fingerprint density at radius 3 is 2.42 bits per heavy atom. The van der Waals surface area contributed by atoms with E-state index in [-0.39, 0.29) is 24.8 Å². The van der Waals surface area contributed by atoms with Crippen molar-refractivity contribution in [1.29, 1.82) is 0 Å². The van der Waals surface area contributed by atoms with Crippen molar-refractivity contribution in [1.82, 2.24) is 0 Å². The fourth-order valence-corrected chi connectivity index (χ4v) is 11.5. The van der Waals surface area contributed by atoms with Crippen LogP contribution in [0.5, 0.6) is 5.75 Å². The molecule has 0 aromatic heterocycles. The van der Waals surface area contributed by atoms with Gasteiger partial charge in [-0.2, -0.15) is 0 Å². The molecule has 0 fully saturated rings. The first-order valence-corrected chi connectivity index (χ1v) is 17.8. The van der Waals surface area contributed by atoms with Crippen molar-refractivity contribution in [2.45, 2.75) is 43.2 Å². The third kappa shape index (κ3) is 3.84. The van der Waals surface area contributed by atoms with Crippen LogP contribution in [0.2, 0.25) is 26.2 Å². The van der Waals surface area contributed by atoms with E-state index in [0.717, 1.165) is 18.8 Å². The van der Waals surface area contributed by atoms with Crippen LogP contribution in [0.25, 0.3) is 16.7 Å². The van der Waals surface area contributed by atoms with E-state index in [4.69, 9.17) is 8.85 Å². The average molecular weight is 566 g/mol. The minimum atomic E-state index is -2.02. The van der Waals surface area contributed by atoms with Crippen molar-refractivity contribution in [2.75, 3.05) is 6.61 Å². The van der Waals surface area contributed by atoms with Crippen molar-refractivity contribution in [2.24, 2.45) is 0 Å². The van der Waals surface area contributed by atoms with Gasteiger partial charge in [-0.1, -0.05) is 0 Å². The minimum Gasteiger partial charge on any atom is -1.00 e. The first-order valence-electron chi connectivity index (χ1n) is 10.5. The number of fused-ring (bicyclic) bond motifs is 5. The van der Waals surface area contributed by atoms with Crippen LogP contribution >= 0.6 is 0 Å². The van der Waals surface area contributed by atoms with E-state index >= 15 is 0 Å². The number of rotatable bonds is 5. The van der Waals surface area contributed by atoms with Crippen LogP contribution in [-0.2, 0) is 29.1 Å². The van der Waals surface area contributed by atoms with Gasteiger partial charge >= 0.3 is 192 Å². The third-order valence-electron chi connectivity index (χ3n) is 6.15. The molecule has 2 atom stereocenters. The summed E-state index contributed by atoms with van der Waals surface area (Å²) < 4.78 is 13.9. The Morgan fingerprint density at radius 2 is 1.81 bits per heavy atom. The predicted octanol–water partition coefficient (Wildman–Crippen LogP) is -1.09. The van der Waals surface area contributed by atoms with Gasteiger partial charge in [-0.3, -0.25) is 0 Å². The largest absolute Gasteiger partial charge is 1.00 e. The Labute approximate surface area is 215 Å². The summed E-state index contributed by atoms with van der Waals surface area (Å²) in [5.74, 6) is 1.15. The van der Waals surface area contributed by atoms with E-state index < -0.39 is 16.6 Å². The fraction of sp³-hybridized carbons (Fsp3) is 0.333. The van der Waals surface area contributed by atoms with Crippen LogP contribution in [-0.4, -0.2) is 23.2 Å². The third-order valence-corrected chi connectivity index (χ3v) is 12.0. The summed E-state index contributed by atoms with van der Waals surface area (Å²) in [5.41, 5.74) is 8.53. The molecule has 2 nitrogen and oxygen atoms in total. The maximum Gasteiger partial charge on any atom is -1.00 e. The van der Waals surface area contributed by atoms with Crippen LogP contribution in [0.1, 0.15) is 33.7 Å². The number of hydrogen-bond donors (Lipinski definition) is 0. The van der Waals surface area contributed by atoms with Crippen LogP contribution in [0.3, 0.4) is 0 Å². The first kappa shape index (κ1) is 25.2. The Morgan fingerprint density at radius 1 is 1.10 bits per heavy atom. The fourth-order valence-electron chi connectivity index (χ4n) is 5.07. The van der Waals surface area contributed by atoms with E-state index in [1.54, 1.807) is 29.9 Å². The van der Waals surface area contributed by atoms with Crippen LogP contribution < -0.4 is 39.6 Å². The molecule has 0 radical (unpaired) electrons. The molecule has 2 aromatic carbocycles. The predicted molar refractivity (Wildman–Crippen MR) is 122 cm³/mol. The molecule has 0 amide bonds. The SMILES string of the molecule is CCO[Si]1(C)c2c(C3=CC=CC3)c(O[Si](C)(C)C)c3c(c21)[CH]([Zr+2])c1ccccc1-3.[Cl-].[Cl-]. The average Bonchev–Trinajstić information content (AvgIpc) is 3.03. The van der Waals surface area contributed by atoms with Gasteiger partial charge in [-0.05, 0) is 0 Å². The second-order valence-electron chi connectivity index (χ2n) is 9.27. The molecule has 3 aliphatic rings. The molecule has 0 bridgehead atoms. The van der Waals surface area contributed by atoms with Crippen molar-refractivity contribution in [3.63, 3.8) is 0 Å². The van der Waals surface area contributed by atoms with Crippen LogP contribution in [0.4, 0.5) is 0 Å². The molecule has 7 heteroatoms. The van der Waals surface area contributed by atoms with E-state index in [9.17, 15) is 0 Å². The zero-order valence-electron chi connectivity index (χ0n) is 18.6. The van der Waals surface area contributed by atoms with E-state index in [1.165, 1.54) is 38.6 Å². The summed E-state index contributed by atoms with van der Waals surface area (Å²) in [6.07, 6.45) is 7.73. The minimum absolute atomic E-state index is 0. The molecular weight excluding hydrogens is 539 g/mol. The molecular formula is C24H27Cl2O2Si2Zr. The second-order valence-corrected chi connectivity index (χ2v) is 18.5. The van der Waals surface area contributed by atoms with Crippen molar-refractivity contribution in [3.05, 3.63) is 59.2 Å². The summed E-state index contributed by atoms with van der Waals surface area (Å²) in [7, 11) is -3.82. The summed E-state index contributed by atoms with van der Waals surface area (Å²) >= 11 is 1.55.